The van der Waals surface area contributed by atoms with E-state index in [2.05, 4.69) is 10.2 Å². The molecule has 3 fully saturated rings. The van der Waals surface area contributed by atoms with Crippen molar-refractivity contribution in [3.8, 4) is 0 Å². The molecular formula is C56H69F4N5O3S. The van der Waals surface area contributed by atoms with E-state index in [0.29, 0.717) is 98.1 Å². The first-order valence-corrected chi connectivity index (χ1v) is 26.4. The lowest BCUT2D eigenvalue weighted by Crippen LogP contribution is -2.45. The highest BCUT2D eigenvalue weighted by molar-refractivity contribution is 7.89. The van der Waals surface area contributed by atoms with Crippen molar-refractivity contribution in [1.29, 1.82) is 0 Å². The smallest absolute Gasteiger partial charge is 0.223 e. The topological polar surface area (TPSA) is 76.2 Å². The van der Waals surface area contributed by atoms with Crippen molar-refractivity contribution < 1.29 is 30.8 Å². The second kappa shape index (κ2) is 21.0. The Kier molecular flexibility index (Phi) is 15.4. The van der Waals surface area contributed by atoms with E-state index in [4.69, 9.17) is 0 Å². The van der Waals surface area contributed by atoms with Crippen molar-refractivity contribution in [3.63, 3.8) is 0 Å². The molecule has 8 nitrogen and oxygen atoms in total. The fraction of sp³-hybridized carbons (Fsp3) is 0.482. The normalized spacial score (nSPS) is 22.2. The maximum absolute atomic E-state index is 15.2. The van der Waals surface area contributed by atoms with Crippen LogP contribution >= 0.6 is 0 Å². The van der Waals surface area contributed by atoms with Gasteiger partial charge in [-0.25, -0.2) is 30.3 Å². The number of likely N-dealkylation sites (tertiary alicyclic amines) is 1. The molecule has 2 unspecified atom stereocenters. The minimum Gasteiger partial charge on any atom is -0.342 e. The number of benzene rings is 4. The van der Waals surface area contributed by atoms with Crippen LogP contribution in [0.25, 0.3) is 11.1 Å². The van der Waals surface area contributed by atoms with Gasteiger partial charge < -0.3 is 20.0 Å². The molecule has 2 atom stereocenters. The summed E-state index contributed by atoms with van der Waals surface area (Å²) in [6.07, 6.45) is 4.61. The standard InChI is InChI=1S/C29H35F2N3O.C27H34F2N2O2S/c1-20-7-8-22-23(28(20)31)19-29(2,24-5-3-4-6-25(24)30)27(22)21-9-15-34(16-10-21)26(35)11-14-33-17-12-32-13-18-33;1-19-10-11-21-22(26(19)29)18-27(2,23-8-5-6-9-24(23)28)25(21)20-12-15-31(16-13-20)34(32,33)17-7-14-30(3)4/h3-8,32H,9-19H2,1-2H3;5-6,8-11H,7,12-18H2,1-4H3. The van der Waals surface area contributed by atoms with Crippen molar-refractivity contribution in [3.05, 3.63) is 152 Å². The summed E-state index contributed by atoms with van der Waals surface area (Å²) in [6, 6.07) is 21.2. The zero-order valence-corrected chi connectivity index (χ0v) is 42.1. The first-order chi connectivity index (χ1) is 32.9. The number of hydrogen-bond donors (Lipinski definition) is 1. The molecule has 1 N–H and O–H groups in total. The first-order valence-electron chi connectivity index (χ1n) is 24.8. The second-order valence-electron chi connectivity index (χ2n) is 20.5. The lowest BCUT2D eigenvalue weighted by atomic mass is 9.73. The maximum atomic E-state index is 15.2. The van der Waals surface area contributed by atoms with Gasteiger partial charge in [-0.3, -0.25) is 4.79 Å². The Balaban J connectivity index is 0.000000186. The van der Waals surface area contributed by atoms with E-state index in [1.165, 1.54) is 17.7 Å². The van der Waals surface area contributed by atoms with E-state index in [0.717, 1.165) is 80.0 Å². The Morgan fingerprint density at radius 1 is 0.667 bits per heavy atom. The number of allylic oxidation sites excluding steroid dienone is 2. The highest BCUT2D eigenvalue weighted by Crippen LogP contribution is 2.54. The average Bonchev–Trinajstić information content (AvgIpc) is 3.83. The van der Waals surface area contributed by atoms with E-state index >= 15 is 17.6 Å². The molecule has 4 aromatic rings. The first kappa shape index (κ1) is 50.7. The molecule has 5 aliphatic rings. The lowest BCUT2D eigenvalue weighted by Gasteiger charge is -2.35. The van der Waals surface area contributed by atoms with Gasteiger partial charge in [-0.1, -0.05) is 85.7 Å². The number of aryl methyl sites for hydroxylation is 2. The third-order valence-corrected chi connectivity index (χ3v) is 17.5. The fourth-order valence-corrected chi connectivity index (χ4v) is 13.3. The van der Waals surface area contributed by atoms with Crippen molar-refractivity contribution in [2.45, 2.75) is 89.9 Å². The largest absolute Gasteiger partial charge is 0.342 e. The number of nitrogens with one attached hydrogen (secondary N) is 1. The monoisotopic (exact) mass is 968 g/mol. The van der Waals surface area contributed by atoms with Crippen LogP contribution in [0.15, 0.2) is 83.9 Å². The molecular weight excluding hydrogens is 899 g/mol. The molecule has 13 heteroatoms. The van der Waals surface area contributed by atoms with Gasteiger partial charge in [0.15, 0.2) is 0 Å². The summed E-state index contributed by atoms with van der Waals surface area (Å²) in [7, 11) is 0.543. The summed E-state index contributed by atoms with van der Waals surface area (Å²) < 4.78 is 87.8. The zero-order valence-electron chi connectivity index (χ0n) is 41.3. The summed E-state index contributed by atoms with van der Waals surface area (Å²) in [6.45, 7) is 15.2. The van der Waals surface area contributed by atoms with Crippen LogP contribution < -0.4 is 5.32 Å². The molecule has 1 amide bonds. The van der Waals surface area contributed by atoms with E-state index in [9.17, 15) is 13.2 Å². The highest BCUT2D eigenvalue weighted by atomic mass is 32.2. The van der Waals surface area contributed by atoms with Gasteiger partial charge in [0.2, 0.25) is 15.9 Å². The maximum Gasteiger partial charge on any atom is 0.223 e. The SMILES string of the molecule is Cc1ccc2c(c1F)CC(C)(c1ccccc1F)C2=C1CCN(C(=O)CCN2CCNCC2)CC1.Cc1ccc2c(c1F)CC(C)(c1ccccc1F)C2=C1CCN(S(=O)(=O)CCCN(C)C)CC1. The fourth-order valence-electron chi connectivity index (χ4n) is 11.8. The van der Waals surface area contributed by atoms with Crippen molar-refractivity contribution >= 4 is 27.1 Å². The summed E-state index contributed by atoms with van der Waals surface area (Å²) in [5, 5.41) is 3.34. The Labute approximate surface area is 407 Å². The third-order valence-electron chi connectivity index (χ3n) is 15.5. The zero-order chi connectivity index (χ0) is 49.3. The van der Waals surface area contributed by atoms with Gasteiger partial charge in [-0.05, 0) is 147 Å². The molecule has 2 aliphatic carbocycles. The van der Waals surface area contributed by atoms with E-state index < -0.39 is 20.9 Å². The van der Waals surface area contributed by atoms with E-state index in [1.807, 2.05) is 74.1 Å². The number of sulfonamides is 1. The van der Waals surface area contributed by atoms with Crippen LogP contribution in [0.2, 0.25) is 0 Å². The van der Waals surface area contributed by atoms with Crippen LogP contribution in [0.4, 0.5) is 17.6 Å². The van der Waals surface area contributed by atoms with Crippen molar-refractivity contribution in [2.24, 2.45) is 0 Å². The van der Waals surface area contributed by atoms with Crippen LogP contribution in [-0.2, 0) is 38.5 Å². The van der Waals surface area contributed by atoms with Crippen LogP contribution in [0.3, 0.4) is 0 Å². The number of hydrogen-bond acceptors (Lipinski definition) is 6. The number of piperidine rings is 2. The number of carbonyl (C=O) groups excluding carboxylic acids is 1. The van der Waals surface area contributed by atoms with Gasteiger partial charge in [-0.2, -0.15) is 0 Å². The number of amides is 1. The van der Waals surface area contributed by atoms with Crippen LogP contribution in [0, 0.1) is 37.1 Å². The minimum absolute atomic E-state index is 0.136. The molecule has 3 saturated heterocycles. The molecule has 370 valence electrons. The molecule has 4 aromatic carbocycles. The van der Waals surface area contributed by atoms with Gasteiger partial charge >= 0.3 is 0 Å². The molecule has 9 rings (SSSR count). The number of halogens is 4. The molecule has 0 spiro atoms. The molecule has 3 heterocycles. The van der Waals surface area contributed by atoms with Crippen molar-refractivity contribution in [1.82, 2.24) is 24.3 Å². The second-order valence-corrected chi connectivity index (χ2v) is 22.6. The number of piperazine rings is 1. The Morgan fingerprint density at radius 3 is 1.59 bits per heavy atom. The lowest BCUT2D eigenvalue weighted by molar-refractivity contribution is -0.132. The number of rotatable bonds is 10. The molecule has 0 bridgehead atoms. The predicted octanol–water partition coefficient (Wildman–Crippen LogP) is 9.38. The quantitative estimate of drug-likeness (QED) is 0.160. The number of fused-ring (bicyclic) bond motifs is 2. The van der Waals surface area contributed by atoms with Crippen LogP contribution in [0.1, 0.15) is 96.9 Å². The van der Waals surface area contributed by atoms with E-state index in [1.54, 1.807) is 42.4 Å². The highest BCUT2D eigenvalue weighted by Gasteiger charge is 2.46. The molecule has 69 heavy (non-hydrogen) atoms. The van der Waals surface area contributed by atoms with Gasteiger partial charge in [-0.15, -0.1) is 0 Å². The summed E-state index contributed by atoms with van der Waals surface area (Å²) in [4.78, 5) is 19.2. The minimum atomic E-state index is -3.32. The summed E-state index contributed by atoms with van der Waals surface area (Å²) in [5.41, 5.74) is 8.47. The Bertz CT molecular complexity index is 2730. The molecule has 0 saturated carbocycles. The van der Waals surface area contributed by atoms with Gasteiger partial charge in [0.05, 0.1) is 5.75 Å². The Morgan fingerprint density at radius 2 is 1.13 bits per heavy atom. The number of carbonyl (C=O) groups is 1. The Hall–Kier alpha value is -4.66. The van der Waals surface area contributed by atoms with Crippen LogP contribution in [0.5, 0.6) is 0 Å². The van der Waals surface area contributed by atoms with Crippen molar-refractivity contribution in [2.75, 3.05) is 85.3 Å². The van der Waals surface area contributed by atoms with Gasteiger partial charge in [0, 0.05) is 76.2 Å². The van der Waals surface area contributed by atoms with Gasteiger partial charge in [0.1, 0.15) is 23.3 Å². The predicted molar refractivity (Wildman–Crippen MR) is 269 cm³/mol. The number of nitrogens with zero attached hydrogens (tertiary/aromatic N) is 4. The molecule has 0 radical (unpaired) electrons. The van der Waals surface area contributed by atoms with E-state index in [-0.39, 0.29) is 34.9 Å². The average molecular weight is 968 g/mol. The third kappa shape index (κ3) is 10.4. The summed E-state index contributed by atoms with van der Waals surface area (Å²) >= 11 is 0. The van der Waals surface area contributed by atoms with Crippen LogP contribution in [-0.4, -0.2) is 119 Å². The summed E-state index contributed by atoms with van der Waals surface area (Å²) in [5.74, 6) is -0.611. The van der Waals surface area contributed by atoms with Gasteiger partial charge in [0.25, 0.3) is 0 Å². The molecule has 0 aromatic heterocycles. The molecule has 3 aliphatic heterocycles.